The normalized spacial score (nSPS) is 12.4. The third kappa shape index (κ3) is 11.3. The molecule has 0 heterocycles. The summed E-state index contributed by atoms with van der Waals surface area (Å²) in [5.74, 6) is 1.62. The van der Waals surface area contributed by atoms with Crippen LogP contribution in [0.25, 0.3) is 22.3 Å². The minimum absolute atomic E-state index is 0.138. The summed E-state index contributed by atoms with van der Waals surface area (Å²) in [6, 6.07) is 25.5. The fourth-order valence-electron chi connectivity index (χ4n) is 6.10. The number of hydrogen-bond donors (Lipinski definition) is 3. The van der Waals surface area contributed by atoms with Gasteiger partial charge in [-0.25, -0.2) is 0 Å². The molecule has 300 valence electrons. The van der Waals surface area contributed by atoms with Crippen molar-refractivity contribution in [2.24, 2.45) is 5.73 Å². The molecule has 0 radical (unpaired) electrons. The Labute approximate surface area is 329 Å². The van der Waals surface area contributed by atoms with Gasteiger partial charge in [0.25, 0.3) is 0 Å². The minimum Gasteiger partial charge on any atom is -0.496 e. The number of halogens is 7. The number of aliphatic hydroxyl groups is 1. The number of rotatable bonds is 12. The maximum atomic E-state index is 13.4. The third-order valence-corrected chi connectivity index (χ3v) is 9.61. The van der Waals surface area contributed by atoms with Crippen LogP contribution in [0.3, 0.4) is 0 Å². The largest absolute Gasteiger partial charge is 0.496 e. The lowest BCUT2D eigenvalue weighted by molar-refractivity contribution is -0.138. The molecule has 0 aliphatic carbocycles. The first-order chi connectivity index (χ1) is 26.4. The molecule has 5 nitrogen and oxygen atoms in total. The van der Waals surface area contributed by atoms with E-state index < -0.39 is 29.6 Å². The van der Waals surface area contributed by atoms with Crippen LogP contribution < -0.4 is 20.5 Å². The molecule has 12 heteroatoms. The molecule has 56 heavy (non-hydrogen) atoms. The second-order valence-electron chi connectivity index (χ2n) is 13.9. The Morgan fingerprint density at radius 1 is 0.607 bits per heavy atom. The Hall–Kier alpha value is -4.55. The molecule has 0 aliphatic heterocycles. The van der Waals surface area contributed by atoms with E-state index in [0.29, 0.717) is 49.9 Å². The highest BCUT2D eigenvalue weighted by molar-refractivity contribution is 6.30. The van der Waals surface area contributed by atoms with Gasteiger partial charge in [-0.15, -0.1) is 0 Å². The highest BCUT2D eigenvalue weighted by Gasteiger charge is 2.32. The number of benzene rings is 5. The Balaban J connectivity index is 0.000000265. The Kier molecular flexibility index (Phi) is 15.0. The van der Waals surface area contributed by atoms with Gasteiger partial charge in [0.05, 0.1) is 31.5 Å². The highest BCUT2D eigenvalue weighted by atomic mass is 35.5. The van der Waals surface area contributed by atoms with Crippen LogP contribution >= 0.6 is 11.6 Å². The lowest BCUT2D eigenvalue weighted by Crippen LogP contribution is -2.21. The molecule has 0 saturated carbocycles. The Morgan fingerprint density at radius 3 is 1.57 bits per heavy atom. The maximum Gasteiger partial charge on any atom is 0.416 e. The first-order valence-electron chi connectivity index (χ1n) is 18.0. The molecule has 5 aromatic rings. The number of alkyl halides is 6. The number of nitrogens with two attached hydrogens (primary N) is 1. The van der Waals surface area contributed by atoms with E-state index in [9.17, 15) is 31.4 Å². The van der Waals surface area contributed by atoms with Gasteiger partial charge in [0.1, 0.15) is 11.5 Å². The smallest absolute Gasteiger partial charge is 0.416 e. The fourth-order valence-corrected chi connectivity index (χ4v) is 6.22. The Morgan fingerprint density at radius 2 is 1.09 bits per heavy atom. The van der Waals surface area contributed by atoms with Gasteiger partial charge in [0.15, 0.2) is 0 Å². The number of nitrogens with one attached hydrogen (secondary N) is 1. The topological polar surface area (TPSA) is 76.7 Å². The van der Waals surface area contributed by atoms with Gasteiger partial charge in [-0.05, 0) is 111 Å². The van der Waals surface area contributed by atoms with Crippen LogP contribution in [0.2, 0.25) is 5.02 Å². The predicted molar refractivity (Wildman–Crippen MR) is 211 cm³/mol. The number of aliphatic hydroxyl groups excluding tert-OH is 1. The van der Waals surface area contributed by atoms with Crippen molar-refractivity contribution in [3.8, 4) is 33.8 Å². The molecule has 5 aromatic carbocycles. The van der Waals surface area contributed by atoms with Gasteiger partial charge in [-0.2, -0.15) is 26.3 Å². The molecule has 1 atom stereocenters. The molecule has 0 aliphatic rings. The van der Waals surface area contributed by atoms with Crippen molar-refractivity contribution in [2.75, 3.05) is 20.8 Å². The molecule has 1 unspecified atom stereocenters. The van der Waals surface area contributed by atoms with Crippen molar-refractivity contribution in [2.45, 2.75) is 71.1 Å². The average molecular weight is 801 g/mol. The zero-order chi connectivity index (χ0) is 41.4. The van der Waals surface area contributed by atoms with E-state index in [2.05, 4.69) is 19.2 Å². The molecule has 0 saturated heterocycles. The van der Waals surface area contributed by atoms with Gasteiger partial charge in [-0.1, -0.05) is 75.7 Å². The quantitative estimate of drug-likeness (QED) is 0.110. The van der Waals surface area contributed by atoms with Crippen LogP contribution in [0.15, 0.2) is 97.1 Å². The standard InChI is InChI=1S/C26H27ClF3NO2.C18H20F3NO/c1-16(2)18-6-11-25(33-3)23(13-18)22-10-7-20(26(28,29)30)12-19(22)14-31-15-24(32)17-4-8-21(27)9-5-17;1-11(2)12-5-7-17(23-3)16(8-12)15-9-14(18(19,20)21)6-4-13(15)10-22/h4-13,16,24,31-32H,14-15H2,1-3H3;4-9,11H,10,22H2,1-3H3. The summed E-state index contributed by atoms with van der Waals surface area (Å²) in [5, 5.41) is 14.1. The van der Waals surface area contributed by atoms with Gasteiger partial charge >= 0.3 is 12.4 Å². The van der Waals surface area contributed by atoms with Gasteiger partial charge in [0, 0.05) is 35.8 Å². The zero-order valence-corrected chi connectivity index (χ0v) is 32.8. The minimum atomic E-state index is -4.46. The average Bonchev–Trinajstić information content (AvgIpc) is 3.16. The molecular formula is C44H47ClF6N2O3. The van der Waals surface area contributed by atoms with Crippen molar-refractivity contribution in [1.82, 2.24) is 5.32 Å². The van der Waals surface area contributed by atoms with Crippen molar-refractivity contribution < 1.29 is 40.9 Å². The maximum absolute atomic E-state index is 13.4. The summed E-state index contributed by atoms with van der Waals surface area (Å²) < 4.78 is 90.3. The molecule has 0 aromatic heterocycles. The third-order valence-electron chi connectivity index (χ3n) is 9.36. The van der Waals surface area contributed by atoms with E-state index in [-0.39, 0.29) is 31.5 Å². The lowest BCUT2D eigenvalue weighted by Gasteiger charge is -2.19. The molecule has 0 spiro atoms. The monoisotopic (exact) mass is 800 g/mol. The van der Waals surface area contributed by atoms with E-state index in [0.717, 1.165) is 41.0 Å². The molecule has 0 fully saturated rings. The van der Waals surface area contributed by atoms with Crippen LogP contribution in [0.4, 0.5) is 26.3 Å². The highest BCUT2D eigenvalue weighted by Crippen LogP contribution is 2.40. The molecular weight excluding hydrogens is 754 g/mol. The second kappa shape index (κ2) is 19.1. The van der Waals surface area contributed by atoms with Crippen LogP contribution in [0.1, 0.15) is 84.6 Å². The first-order valence-corrected chi connectivity index (χ1v) is 18.4. The van der Waals surface area contributed by atoms with Crippen molar-refractivity contribution in [3.63, 3.8) is 0 Å². The van der Waals surface area contributed by atoms with E-state index in [1.54, 1.807) is 37.4 Å². The number of methoxy groups -OCH3 is 2. The van der Waals surface area contributed by atoms with Crippen molar-refractivity contribution in [1.29, 1.82) is 0 Å². The second-order valence-corrected chi connectivity index (χ2v) is 14.3. The van der Waals surface area contributed by atoms with E-state index in [1.165, 1.54) is 19.2 Å². The van der Waals surface area contributed by atoms with Gasteiger partial charge < -0.3 is 25.6 Å². The van der Waals surface area contributed by atoms with E-state index >= 15 is 0 Å². The summed E-state index contributed by atoms with van der Waals surface area (Å²) in [7, 11) is 3.04. The van der Waals surface area contributed by atoms with Crippen molar-refractivity contribution in [3.05, 3.63) is 141 Å². The first kappa shape index (κ1) is 44.2. The van der Waals surface area contributed by atoms with Crippen LogP contribution in [-0.4, -0.2) is 25.9 Å². The number of ether oxygens (including phenoxy) is 2. The van der Waals surface area contributed by atoms with Gasteiger partial charge in [-0.3, -0.25) is 0 Å². The molecule has 0 amide bonds. The SMILES string of the molecule is COc1ccc(C(C)C)cc1-c1cc(C(F)(F)F)ccc1CN.COc1ccc(C(C)C)cc1-c1ccc(C(F)(F)F)cc1CNCC(O)c1ccc(Cl)cc1. The van der Waals surface area contributed by atoms with Gasteiger partial charge in [0.2, 0.25) is 0 Å². The predicted octanol–water partition coefficient (Wildman–Crippen LogP) is 11.9. The molecule has 0 bridgehead atoms. The number of hydrogen-bond acceptors (Lipinski definition) is 5. The summed E-state index contributed by atoms with van der Waals surface area (Å²) >= 11 is 5.88. The van der Waals surface area contributed by atoms with E-state index in [4.69, 9.17) is 26.8 Å². The van der Waals surface area contributed by atoms with Crippen LogP contribution in [0, 0.1) is 0 Å². The zero-order valence-electron chi connectivity index (χ0n) is 32.1. The Bertz CT molecular complexity index is 2060. The van der Waals surface area contributed by atoms with Crippen LogP contribution in [-0.2, 0) is 25.4 Å². The molecule has 5 rings (SSSR count). The summed E-state index contributed by atoms with van der Waals surface area (Å²) in [6.45, 7) is 8.63. The molecule has 4 N–H and O–H groups in total. The summed E-state index contributed by atoms with van der Waals surface area (Å²) in [4.78, 5) is 0. The van der Waals surface area contributed by atoms with Crippen molar-refractivity contribution >= 4 is 11.6 Å². The summed E-state index contributed by atoms with van der Waals surface area (Å²) in [5.41, 5.74) is 10.6. The summed E-state index contributed by atoms with van der Waals surface area (Å²) in [6.07, 6.45) is -9.68. The van der Waals surface area contributed by atoms with E-state index in [1.807, 2.05) is 44.2 Å². The van der Waals surface area contributed by atoms with Crippen LogP contribution in [0.5, 0.6) is 11.5 Å². The lowest BCUT2D eigenvalue weighted by atomic mass is 9.92. The fraction of sp³-hybridized carbons (Fsp3) is 0.318.